The molecule has 31 heavy (non-hydrogen) atoms. The van der Waals surface area contributed by atoms with Crippen LogP contribution in [-0.4, -0.2) is 71.6 Å². The Morgan fingerprint density at radius 2 is 1.74 bits per heavy atom. The van der Waals surface area contributed by atoms with Gasteiger partial charge in [0.15, 0.2) is 5.96 Å². The Labute approximate surface area is 186 Å². The molecule has 0 atom stereocenters. The molecule has 8 heteroatoms. The molecule has 2 heterocycles. The van der Waals surface area contributed by atoms with Crippen LogP contribution >= 0.6 is 0 Å². The van der Waals surface area contributed by atoms with Crippen LogP contribution in [-0.2, 0) is 17.8 Å². The van der Waals surface area contributed by atoms with Crippen molar-refractivity contribution in [3.05, 3.63) is 48.5 Å². The average Bonchev–Trinajstić information content (AvgIpc) is 3.32. The van der Waals surface area contributed by atoms with Crippen molar-refractivity contribution < 1.29 is 4.74 Å². The van der Waals surface area contributed by atoms with E-state index in [1.54, 1.807) is 12.7 Å². The second-order valence-electron chi connectivity index (χ2n) is 8.02. The molecular formula is C23H37N7O. The van der Waals surface area contributed by atoms with Gasteiger partial charge in [-0.2, -0.15) is 0 Å². The molecule has 0 aliphatic carbocycles. The minimum Gasteiger partial charge on any atom is -0.378 e. The summed E-state index contributed by atoms with van der Waals surface area (Å²) in [4.78, 5) is 6.82. The first kappa shape index (κ1) is 23.2. The number of piperidine rings is 1. The van der Waals surface area contributed by atoms with E-state index in [-0.39, 0.29) is 0 Å². The van der Waals surface area contributed by atoms with Gasteiger partial charge in [0.25, 0.3) is 0 Å². The molecule has 1 aliphatic heterocycles. The van der Waals surface area contributed by atoms with Gasteiger partial charge in [-0.3, -0.25) is 9.89 Å². The second-order valence-corrected chi connectivity index (χ2v) is 8.02. The maximum absolute atomic E-state index is 6.11. The van der Waals surface area contributed by atoms with Gasteiger partial charge in [0, 0.05) is 52.9 Å². The SMILES string of the molecule is CN=C(NCCCCn1cnnc1)NCCCOC1CCN(Cc2ccccc2)CC1. The Kier molecular flexibility index (Phi) is 10.3. The zero-order chi connectivity index (χ0) is 21.6. The fourth-order valence-corrected chi connectivity index (χ4v) is 3.79. The van der Waals surface area contributed by atoms with Crippen LogP contribution in [0.3, 0.4) is 0 Å². The Morgan fingerprint density at radius 1 is 1.03 bits per heavy atom. The van der Waals surface area contributed by atoms with Crippen molar-refractivity contribution in [3.8, 4) is 0 Å². The van der Waals surface area contributed by atoms with Crippen molar-refractivity contribution in [1.82, 2.24) is 30.3 Å². The zero-order valence-corrected chi connectivity index (χ0v) is 18.7. The standard InChI is InChI=1S/C23H37N7O/c1-24-23(25-12-5-6-14-30-19-27-28-20-30)26-13-7-17-31-22-10-15-29(16-11-22)18-21-8-3-2-4-9-21/h2-4,8-9,19-20,22H,5-7,10-18H2,1H3,(H2,24,25,26). The first-order chi connectivity index (χ1) is 15.3. The summed E-state index contributed by atoms with van der Waals surface area (Å²) in [6.45, 7) is 6.80. The number of ether oxygens (including phenoxy) is 1. The number of hydrogen-bond acceptors (Lipinski definition) is 5. The number of nitrogens with one attached hydrogen (secondary N) is 2. The van der Waals surface area contributed by atoms with Crippen LogP contribution in [0.15, 0.2) is 48.0 Å². The first-order valence-corrected chi connectivity index (χ1v) is 11.5. The van der Waals surface area contributed by atoms with E-state index in [1.165, 1.54) is 5.56 Å². The van der Waals surface area contributed by atoms with Crippen molar-refractivity contribution in [1.29, 1.82) is 0 Å². The molecule has 1 aliphatic rings. The van der Waals surface area contributed by atoms with E-state index in [0.29, 0.717) is 6.10 Å². The highest BCUT2D eigenvalue weighted by Gasteiger charge is 2.19. The molecule has 2 aromatic rings. The van der Waals surface area contributed by atoms with Crippen LogP contribution < -0.4 is 10.6 Å². The van der Waals surface area contributed by atoms with E-state index in [9.17, 15) is 0 Å². The van der Waals surface area contributed by atoms with Gasteiger partial charge in [-0.1, -0.05) is 30.3 Å². The van der Waals surface area contributed by atoms with E-state index in [4.69, 9.17) is 4.74 Å². The number of aromatic nitrogens is 3. The third kappa shape index (κ3) is 9.06. The Balaban J connectivity index is 1.17. The third-order valence-corrected chi connectivity index (χ3v) is 5.58. The molecule has 170 valence electrons. The van der Waals surface area contributed by atoms with Crippen molar-refractivity contribution in [2.75, 3.05) is 39.8 Å². The zero-order valence-electron chi connectivity index (χ0n) is 18.7. The summed E-state index contributed by atoms with van der Waals surface area (Å²) in [5.41, 5.74) is 1.39. The number of aryl methyl sites for hydroxylation is 1. The number of benzene rings is 1. The molecule has 0 spiro atoms. The lowest BCUT2D eigenvalue weighted by Crippen LogP contribution is -2.39. The summed E-state index contributed by atoms with van der Waals surface area (Å²) in [6, 6.07) is 10.7. The van der Waals surface area contributed by atoms with Crippen molar-refractivity contribution >= 4 is 5.96 Å². The van der Waals surface area contributed by atoms with Crippen LogP contribution in [0.4, 0.5) is 0 Å². The van der Waals surface area contributed by atoms with Gasteiger partial charge in [-0.15, -0.1) is 10.2 Å². The summed E-state index contributed by atoms with van der Waals surface area (Å²) >= 11 is 0. The average molecular weight is 428 g/mol. The molecule has 1 fully saturated rings. The minimum absolute atomic E-state index is 0.398. The van der Waals surface area contributed by atoms with E-state index >= 15 is 0 Å². The lowest BCUT2D eigenvalue weighted by Gasteiger charge is -2.32. The number of aliphatic imine (C=N–C) groups is 1. The van der Waals surface area contributed by atoms with Gasteiger partial charge in [-0.05, 0) is 37.7 Å². The summed E-state index contributed by atoms with van der Waals surface area (Å²) in [7, 11) is 1.81. The van der Waals surface area contributed by atoms with Gasteiger partial charge >= 0.3 is 0 Å². The molecule has 0 radical (unpaired) electrons. The van der Waals surface area contributed by atoms with E-state index in [0.717, 1.165) is 83.9 Å². The number of hydrogen-bond donors (Lipinski definition) is 2. The fraction of sp³-hybridized carbons (Fsp3) is 0.609. The molecule has 1 aromatic carbocycles. The Bertz CT molecular complexity index is 728. The number of rotatable bonds is 12. The highest BCUT2D eigenvalue weighted by atomic mass is 16.5. The number of unbranched alkanes of at least 4 members (excludes halogenated alkanes) is 1. The summed E-state index contributed by atoms with van der Waals surface area (Å²) in [5.74, 6) is 0.860. The van der Waals surface area contributed by atoms with E-state index < -0.39 is 0 Å². The normalized spacial score (nSPS) is 15.8. The largest absolute Gasteiger partial charge is 0.378 e. The highest BCUT2D eigenvalue weighted by molar-refractivity contribution is 5.79. The minimum atomic E-state index is 0.398. The predicted molar refractivity (Wildman–Crippen MR) is 124 cm³/mol. The molecule has 2 N–H and O–H groups in total. The van der Waals surface area contributed by atoms with E-state index in [2.05, 4.69) is 61.1 Å². The predicted octanol–water partition coefficient (Wildman–Crippen LogP) is 2.29. The second kappa shape index (κ2) is 13.8. The molecule has 0 amide bonds. The van der Waals surface area contributed by atoms with Gasteiger partial charge in [0.1, 0.15) is 12.7 Å². The van der Waals surface area contributed by atoms with Crippen LogP contribution in [0.1, 0.15) is 37.7 Å². The quantitative estimate of drug-likeness (QED) is 0.307. The molecule has 0 bridgehead atoms. The van der Waals surface area contributed by atoms with Gasteiger partial charge in [0.05, 0.1) is 6.10 Å². The van der Waals surface area contributed by atoms with Crippen molar-refractivity contribution in [2.24, 2.45) is 4.99 Å². The first-order valence-electron chi connectivity index (χ1n) is 11.5. The lowest BCUT2D eigenvalue weighted by atomic mass is 10.1. The Hall–Kier alpha value is -2.45. The van der Waals surface area contributed by atoms with E-state index in [1.807, 2.05) is 11.6 Å². The van der Waals surface area contributed by atoms with Gasteiger partial charge < -0.3 is 19.9 Å². The highest BCUT2D eigenvalue weighted by Crippen LogP contribution is 2.16. The molecule has 0 saturated carbocycles. The topological polar surface area (TPSA) is 79.6 Å². The maximum atomic E-state index is 6.11. The van der Waals surface area contributed by atoms with Gasteiger partial charge in [0.2, 0.25) is 0 Å². The number of likely N-dealkylation sites (tertiary alicyclic amines) is 1. The summed E-state index contributed by atoms with van der Waals surface area (Å²) < 4.78 is 8.11. The van der Waals surface area contributed by atoms with Crippen molar-refractivity contribution in [2.45, 2.75) is 51.3 Å². The lowest BCUT2D eigenvalue weighted by molar-refractivity contribution is 0.00534. The third-order valence-electron chi connectivity index (χ3n) is 5.58. The maximum Gasteiger partial charge on any atom is 0.190 e. The van der Waals surface area contributed by atoms with Gasteiger partial charge in [-0.25, -0.2) is 0 Å². The van der Waals surface area contributed by atoms with Crippen LogP contribution in [0, 0.1) is 0 Å². The molecule has 3 rings (SSSR count). The Morgan fingerprint density at radius 3 is 2.45 bits per heavy atom. The molecule has 0 unspecified atom stereocenters. The summed E-state index contributed by atoms with van der Waals surface area (Å²) in [5, 5.41) is 14.4. The van der Waals surface area contributed by atoms with Crippen molar-refractivity contribution in [3.63, 3.8) is 0 Å². The smallest absolute Gasteiger partial charge is 0.190 e. The monoisotopic (exact) mass is 427 g/mol. The van der Waals surface area contributed by atoms with Crippen LogP contribution in [0.25, 0.3) is 0 Å². The summed E-state index contributed by atoms with van der Waals surface area (Å²) in [6.07, 6.45) is 9.30. The molecular weight excluding hydrogens is 390 g/mol. The molecule has 8 nitrogen and oxygen atoms in total. The molecule has 1 aromatic heterocycles. The number of guanidine groups is 1. The van der Waals surface area contributed by atoms with Crippen LogP contribution in [0.5, 0.6) is 0 Å². The fourth-order valence-electron chi connectivity index (χ4n) is 3.79. The van der Waals surface area contributed by atoms with Crippen LogP contribution in [0.2, 0.25) is 0 Å². The number of nitrogens with zero attached hydrogens (tertiary/aromatic N) is 5. The molecule has 1 saturated heterocycles.